The largest absolute Gasteiger partial charge is 0.350 e. The Morgan fingerprint density at radius 2 is 2.37 bits per heavy atom. The maximum Gasteiger partial charge on any atom is 0.273 e. The molecule has 102 valence electrons. The van der Waals surface area contributed by atoms with E-state index in [0.29, 0.717) is 31.9 Å². The number of hydrogen-bond donors (Lipinski definition) is 2. The summed E-state index contributed by atoms with van der Waals surface area (Å²) in [7, 11) is 1.80. The molecule has 1 amide bonds. The predicted molar refractivity (Wildman–Crippen MR) is 66.1 cm³/mol. The normalized spacial score (nSPS) is 10.6. The number of nitrogens with zero attached hydrogens (tertiary/aromatic N) is 6. The van der Waals surface area contributed by atoms with Crippen LogP contribution >= 0.6 is 0 Å². The molecule has 0 fully saturated rings. The van der Waals surface area contributed by atoms with E-state index in [1.54, 1.807) is 24.3 Å². The zero-order chi connectivity index (χ0) is 13.7. The molecule has 3 N–H and O–H groups in total. The van der Waals surface area contributed by atoms with Crippen molar-refractivity contribution in [2.75, 3.05) is 13.1 Å². The highest BCUT2D eigenvalue weighted by Crippen LogP contribution is 1.94. The van der Waals surface area contributed by atoms with Crippen molar-refractivity contribution in [2.45, 2.75) is 13.0 Å². The van der Waals surface area contributed by atoms with Crippen LogP contribution in [0.5, 0.6) is 0 Å². The molecule has 0 aromatic carbocycles. The van der Waals surface area contributed by atoms with Crippen molar-refractivity contribution in [2.24, 2.45) is 12.8 Å². The van der Waals surface area contributed by atoms with Gasteiger partial charge in [0.2, 0.25) is 0 Å². The van der Waals surface area contributed by atoms with Gasteiger partial charge in [0.1, 0.15) is 6.33 Å². The molecule has 2 aromatic heterocycles. The SMILES string of the molecule is Cn1cnc(CCNC(=O)c2cn(CCN)nn2)n1. The van der Waals surface area contributed by atoms with E-state index in [1.165, 1.54) is 4.68 Å². The minimum Gasteiger partial charge on any atom is -0.350 e. The van der Waals surface area contributed by atoms with Crippen LogP contribution in [0.2, 0.25) is 0 Å². The molecule has 9 nitrogen and oxygen atoms in total. The zero-order valence-electron chi connectivity index (χ0n) is 10.7. The van der Waals surface area contributed by atoms with E-state index in [9.17, 15) is 4.79 Å². The Morgan fingerprint density at radius 3 is 3.05 bits per heavy atom. The van der Waals surface area contributed by atoms with Gasteiger partial charge >= 0.3 is 0 Å². The highest BCUT2D eigenvalue weighted by molar-refractivity contribution is 5.91. The van der Waals surface area contributed by atoms with Crippen LogP contribution in [0.4, 0.5) is 0 Å². The van der Waals surface area contributed by atoms with E-state index < -0.39 is 0 Å². The molecule has 0 saturated carbocycles. The fourth-order valence-electron chi connectivity index (χ4n) is 1.52. The van der Waals surface area contributed by atoms with Gasteiger partial charge in [-0.25, -0.2) is 4.98 Å². The molecular weight excluding hydrogens is 248 g/mol. The minimum absolute atomic E-state index is 0.265. The third-order valence-corrected chi connectivity index (χ3v) is 2.41. The smallest absolute Gasteiger partial charge is 0.273 e. The van der Waals surface area contributed by atoms with E-state index in [2.05, 4.69) is 25.7 Å². The van der Waals surface area contributed by atoms with Gasteiger partial charge in [0, 0.05) is 26.6 Å². The van der Waals surface area contributed by atoms with Gasteiger partial charge in [-0.1, -0.05) is 5.21 Å². The third kappa shape index (κ3) is 3.58. The van der Waals surface area contributed by atoms with Gasteiger partial charge in [0.25, 0.3) is 5.91 Å². The molecule has 2 aromatic rings. The average molecular weight is 264 g/mol. The lowest BCUT2D eigenvalue weighted by molar-refractivity contribution is 0.0949. The van der Waals surface area contributed by atoms with Crippen LogP contribution in [0, 0.1) is 0 Å². The molecule has 19 heavy (non-hydrogen) atoms. The third-order valence-electron chi connectivity index (χ3n) is 2.41. The van der Waals surface area contributed by atoms with E-state index in [1.807, 2.05) is 0 Å². The molecule has 0 saturated heterocycles. The lowest BCUT2D eigenvalue weighted by atomic mass is 10.4. The topological polar surface area (TPSA) is 117 Å². The lowest BCUT2D eigenvalue weighted by Crippen LogP contribution is -2.26. The monoisotopic (exact) mass is 264 g/mol. The van der Waals surface area contributed by atoms with Gasteiger partial charge in [-0.3, -0.25) is 14.2 Å². The molecule has 0 radical (unpaired) electrons. The first kappa shape index (κ1) is 13.1. The van der Waals surface area contributed by atoms with Crippen molar-refractivity contribution >= 4 is 5.91 Å². The number of rotatable bonds is 6. The summed E-state index contributed by atoms with van der Waals surface area (Å²) in [5.41, 5.74) is 5.67. The fourth-order valence-corrected chi connectivity index (χ4v) is 1.52. The van der Waals surface area contributed by atoms with Gasteiger partial charge in [-0.15, -0.1) is 5.10 Å². The fraction of sp³-hybridized carbons (Fsp3) is 0.500. The molecule has 0 bridgehead atoms. The maximum absolute atomic E-state index is 11.8. The van der Waals surface area contributed by atoms with E-state index in [-0.39, 0.29) is 11.6 Å². The Labute approximate surface area is 109 Å². The highest BCUT2D eigenvalue weighted by Gasteiger charge is 2.10. The molecule has 0 aliphatic rings. The van der Waals surface area contributed by atoms with Gasteiger partial charge in [-0.05, 0) is 0 Å². The summed E-state index contributed by atoms with van der Waals surface area (Å²) in [5.74, 6) is 0.425. The zero-order valence-corrected chi connectivity index (χ0v) is 10.7. The number of nitrogens with two attached hydrogens (primary N) is 1. The molecule has 0 atom stereocenters. The van der Waals surface area contributed by atoms with Gasteiger partial charge in [-0.2, -0.15) is 5.10 Å². The van der Waals surface area contributed by atoms with Crippen molar-refractivity contribution < 1.29 is 4.79 Å². The van der Waals surface area contributed by atoms with E-state index >= 15 is 0 Å². The van der Waals surface area contributed by atoms with Crippen LogP contribution in [0.25, 0.3) is 0 Å². The number of hydrogen-bond acceptors (Lipinski definition) is 6. The molecule has 0 aliphatic heterocycles. The van der Waals surface area contributed by atoms with Crippen molar-refractivity contribution in [1.29, 1.82) is 0 Å². The summed E-state index contributed by atoms with van der Waals surface area (Å²) in [6.45, 7) is 1.44. The summed E-state index contributed by atoms with van der Waals surface area (Å²) >= 11 is 0. The number of carbonyl (C=O) groups is 1. The first-order chi connectivity index (χ1) is 9.19. The van der Waals surface area contributed by atoms with Crippen LogP contribution in [0.3, 0.4) is 0 Å². The number of amides is 1. The van der Waals surface area contributed by atoms with E-state index in [4.69, 9.17) is 5.73 Å². The summed E-state index contributed by atoms with van der Waals surface area (Å²) < 4.78 is 3.16. The molecular formula is C10H16N8O. The van der Waals surface area contributed by atoms with Gasteiger partial charge < -0.3 is 11.1 Å². The molecule has 2 rings (SSSR count). The predicted octanol–water partition coefficient (Wildman–Crippen LogP) is -1.66. The number of aromatic nitrogens is 6. The minimum atomic E-state index is -0.265. The standard InChI is InChI=1S/C10H16N8O/c1-17-7-13-9(15-17)2-4-12-10(19)8-6-18(5-3-11)16-14-8/h6-7H,2-5,11H2,1H3,(H,12,19). The summed E-state index contributed by atoms with van der Waals surface area (Å²) in [4.78, 5) is 15.8. The van der Waals surface area contributed by atoms with Crippen molar-refractivity contribution in [1.82, 2.24) is 35.1 Å². The van der Waals surface area contributed by atoms with Crippen LogP contribution in [-0.4, -0.2) is 48.8 Å². The highest BCUT2D eigenvalue weighted by atomic mass is 16.2. The van der Waals surface area contributed by atoms with Crippen molar-refractivity contribution in [3.63, 3.8) is 0 Å². The van der Waals surface area contributed by atoms with E-state index in [0.717, 1.165) is 0 Å². The molecule has 0 aliphatic carbocycles. The maximum atomic E-state index is 11.8. The Morgan fingerprint density at radius 1 is 1.53 bits per heavy atom. The summed E-state index contributed by atoms with van der Waals surface area (Å²) in [5, 5.41) is 14.4. The van der Waals surface area contributed by atoms with Gasteiger partial charge in [0.15, 0.2) is 11.5 Å². The average Bonchev–Trinajstić information content (AvgIpc) is 2.99. The first-order valence-corrected chi connectivity index (χ1v) is 5.92. The Kier molecular flexibility index (Phi) is 4.18. The quantitative estimate of drug-likeness (QED) is 0.645. The van der Waals surface area contributed by atoms with Crippen LogP contribution < -0.4 is 11.1 Å². The number of carbonyl (C=O) groups excluding carboxylic acids is 1. The Balaban J connectivity index is 1.80. The van der Waals surface area contributed by atoms with Crippen molar-refractivity contribution in [3.8, 4) is 0 Å². The van der Waals surface area contributed by atoms with Crippen LogP contribution in [0.1, 0.15) is 16.3 Å². The molecule has 2 heterocycles. The molecule has 0 unspecified atom stereocenters. The summed E-state index contributed by atoms with van der Waals surface area (Å²) in [6.07, 6.45) is 3.76. The second-order valence-electron chi connectivity index (χ2n) is 4.00. The van der Waals surface area contributed by atoms with Crippen LogP contribution in [0.15, 0.2) is 12.5 Å². The molecule has 0 spiro atoms. The lowest BCUT2D eigenvalue weighted by Gasteiger charge is -1.99. The van der Waals surface area contributed by atoms with Crippen LogP contribution in [-0.2, 0) is 20.0 Å². The molecule has 9 heteroatoms. The number of aryl methyl sites for hydroxylation is 1. The first-order valence-electron chi connectivity index (χ1n) is 5.92. The Hall–Kier alpha value is -2.29. The van der Waals surface area contributed by atoms with Gasteiger partial charge in [0.05, 0.1) is 12.7 Å². The second kappa shape index (κ2) is 6.05. The summed E-state index contributed by atoms with van der Waals surface area (Å²) in [6, 6.07) is 0. The second-order valence-corrected chi connectivity index (χ2v) is 4.00. The van der Waals surface area contributed by atoms with Crippen molar-refractivity contribution in [3.05, 3.63) is 24.0 Å². The number of nitrogens with one attached hydrogen (secondary N) is 1. The Bertz CT molecular complexity index is 545.